The van der Waals surface area contributed by atoms with Crippen molar-refractivity contribution in [2.24, 2.45) is 0 Å². The van der Waals surface area contributed by atoms with Gasteiger partial charge in [-0.05, 0) is 40.5 Å². The first-order chi connectivity index (χ1) is 19.1. The molecule has 2 atom stereocenters. The molecule has 0 aromatic rings. The molecule has 0 aliphatic rings. The van der Waals surface area contributed by atoms with Crippen molar-refractivity contribution in [1.29, 1.82) is 0 Å². The highest BCUT2D eigenvalue weighted by Gasteiger charge is 2.30. The van der Waals surface area contributed by atoms with E-state index in [-0.39, 0.29) is 0 Å². The smallest absolute Gasteiger partial charge is 0.222 e. The van der Waals surface area contributed by atoms with Crippen molar-refractivity contribution in [3.63, 3.8) is 0 Å². The van der Waals surface area contributed by atoms with Crippen LogP contribution in [-0.4, -0.2) is 53.2 Å². The van der Waals surface area contributed by atoms with E-state index < -0.39 is 12.6 Å². The van der Waals surface area contributed by atoms with E-state index in [0.29, 0.717) is 37.9 Å². The highest BCUT2D eigenvalue weighted by atomic mass is 16.8. The summed E-state index contributed by atoms with van der Waals surface area (Å²) in [5, 5.41) is 0. The van der Waals surface area contributed by atoms with Gasteiger partial charge in [-0.1, -0.05) is 78.1 Å². The van der Waals surface area contributed by atoms with Crippen molar-refractivity contribution in [2.45, 2.75) is 144 Å². The summed E-state index contributed by atoms with van der Waals surface area (Å²) in [4.78, 5) is 0. The molecule has 0 aliphatic heterocycles. The Morgan fingerprint density at radius 2 is 0.769 bits per heavy atom. The Labute approximate surface area is 240 Å². The van der Waals surface area contributed by atoms with Gasteiger partial charge in [-0.2, -0.15) is 0 Å². The molecule has 0 spiro atoms. The summed E-state index contributed by atoms with van der Waals surface area (Å²) in [6.45, 7) is 14.4. The molecule has 0 heterocycles. The maximum Gasteiger partial charge on any atom is 0.222 e. The molecule has 0 N–H and O–H groups in total. The van der Waals surface area contributed by atoms with Crippen LogP contribution in [0.15, 0.2) is 23.0 Å². The summed E-state index contributed by atoms with van der Waals surface area (Å²) >= 11 is 0. The lowest BCUT2D eigenvalue weighted by Crippen LogP contribution is -2.32. The van der Waals surface area contributed by atoms with E-state index in [0.717, 1.165) is 50.0 Å². The SMILES string of the molecule is CCCCCCCCC(OCC)=C(OCC)C(OC)OC(OC)C(OCC)=C(CCCCCCCC)OCC. The van der Waals surface area contributed by atoms with Crippen LogP contribution in [0.1, 0.15) is 131 Å². The van der Waals surface area contributed by atoms with Gasteiger partial charge in [0, 0.05) is 27.1 Å². The third-order valence-electron chi connectivity index (χ3n) is 6.40. The second-order valence-corrected chi connectivity index (χ2v) is 9.61. The highest BCUT2D eigenvalue weighted by Crippen LogP contribution is 2.27. The predicted octanol–water partition coefficient (Wildman–Crippen LogP) is 9.02. The van der Waals surface area contributed by atoms with Crippen LogP contribution in [0.25, 0.3) is 0 Å². The van der Waals surface area contributed by atoms with Gasteiger partial charge in [0.05, 0.1) is 26.4 Å². The van der Waals surface area contributed by atoms with Crippen molar-refractivity contribution in [3.05, 3.63) is 23.0 Å². The number of hydrogen-bond acceptors (Lipinski definition) is 7. The van der Waals surface area contributed by atoms with Crippen molar-refractivity contribution in [3.8, 4) is 0 Å². The minimum absolute atomic E-state index is 0.472. The van der Waals surface area contributed by atoms with Crippen LogP contribution < -0.4 is 0 Å². The Balaban J connectivity index is 5.85. The lowest BCUT2D eigenvalue weighted by Gasteiger charge is -2.28. The van der Waals surface area contributed by atoms with Crippen molar-refractivity contribution in [1.82, 2.24) is 0 Å². The molecule has 2 unspecified atom stereocenters. The van der Waals surface area contributed by atoms with E-state index in [2.05, 4.69) is 13.8 Å². The first-order valence-corrected chi connectivity index (χ1v) is 15.8. The number of methoxy groups -OCH3 is 2. The third-order valence-corrected chi connectivity index (χ3v) is 6.40. The van der Waals surface area contributed by atoms with Gasteiger partial charge in [0.2, 0.25) is 12.6 Å². The molecule has 232 valence electrons. The number of allylic oxidation sites excluding steroid dienone is 2. The molecule has 7 heteroatoms. The van der Waals surface area contributed by atoms with Gasteiger partial charge < -0.3 is 33.2 Å². The Kier molecular flexibility index (Phi) is 25.8. The Hall–Kier alpha value is -1.44. The molecular formula is C32H62O7. The fraction of sp³-hybridized carbons (Fsp3) is 0.875. The van der Waals surface area contributed by atoms with Crippen molar-refractivity contribution >= 4 is 0 Å². The maximum absolute atomic E-state index is 6.38. The summed E-state index contributed by atoms with van der Waals surface area (Å²) in [6.07, 6.45) is 14.3. The van der Waals surface area contributed by atoms with Crippen LogP contribution in [0.2, 0.25) is 0 Å². The van der Waals surface area contributed by atoms with Gasteiger partial charge in [0.15, 0.2) is 11.5 Å². The molecule has 0 fully saturated rings. The lowest BCUT2D eigenvalue weighted by atomic mass is 10.1. The molecule has 0 saturated heterocycles. The molecule has 0 bridgehead atoms. The number of hydrogen-bond donors (Lipinski definition) is 0. The van der Waals surface area contributed by atoms with E-state index in [1.165, 1.54) is 51.4 Å². The normalized spacial score (nSPS) is 14.4. The summed E-state index contributed by atoms with van der Waals surface area (Å²) in [5.41, 5.74) is 0. The van der Waals surface area contributed by atoms with Crippen LogP contribution in [0, 0.1) is 0 Å². The summed E-state index contributed by atoms with van der Waals surface area (Å²) < 4.78 is 42.2. The fourth-order valence-electron chi connectivity index (χ4n) is 4.45. The maximum atomic E-state index is 6.38. The minimum atomic E-state index is -0.816. The average molecular weight is 559 g/mol. The number of unbranched alkanes of at least 4 members (excludes halogenated alkanes) is 10. The van der Waals surface area contributed by atoms with E-state index in [4.69, 9.17) is 33.2 Å². The molecule has 0 rings (SSSR count). The quantitative estimate of drug-likeness (QED) is 0.0539. The van der Waals surface area contributed by atoms with Crippen LogP contribution >= 0.6 is 0 Å². The van der Waals surface area contributed by atoms with Crippen molar-refractivity contribution in [2.75, 3.05) is 40.6 Å². The van der Waals surface area contributed by atoms with Gasteiger partial charge in [0.25, 0.3) is 0 Å². The molecule has 0 aromatic heterocycles. The standard InChI is InChI=1S/C32H62O7/c1-9-15-17-19-21-23-25-27(35-11-3)29(37-13-5)31(33-7)39-32(34-8)30(38-14-6)28(36-12-4)26-24-22-20-18-16-10-2/h31-32H,9-26H2,1-8H3. The molecule has 0 aliphatic carbocycles. The van der Waals surface area contributed by atoms with E-state index in [9.17, 15) is 0 Å². The molecule has 0 amide bonds. The zero-order chi connectivity index (χ0) is 29.1. The Bertz CT molecular complexity index is 566. The van der Waals surface area contributed by atoms with E-state index in [1.807, 2.05) is 27.7 Å². The molecule has 7 nitrogen and oxygen atoms in total. The first kappa shape index (κ1) is 37.6. The lowest BCUT2D eigenvalue weighted by molar-refractivity contribution is -0.226. The number of ether oxygens (including phenoxy) is 7. The predicted molar refractivity (Wildman–Crippen MR) is 159 cm³/mol. The second-order valence-electron chi connectivity index (χ2n) is 9.61. The second kappa shape index (κ2) is 26.8. The zero-order valence-corrected chi connectivity index (χ0v) is 26.7. The number of rotatable bonds is 28. The summed E-state index contributed by atoms with van der Waals surface area (Å²) in [7, 11) is 3.21. The molecule has 0 aromatic carbocycles. The average Bonchev–Trinajstić information content (AvgIpc) is 2.94. The highest BCUT2D eigenvalue weighted by molar-refractivity contribution is 5.09. The van der Waals surface area contributed by atoms with Crippen LogP contribution in [-0.2, 0) is 33.2 Å². The molecule has 39 heavy (non-hydrogen) atoms. The third kappa shape index (κ3) is 17.1. The van der Waals surface area contributed by atoms with Gasteiger partial charge in [-0.15, -0.1) is 0 Å². The van der Waals surface area contributed by atoms with Crippen LogP contribution in [0.3, 0.4) is 0 Å². The largest absolute Gasteiger partial charge is 0.495 e. The Morgan fingerprint density at radius 1 is 0.436 bits per heavy atom. The minimum Gasteiger partial charge on any atom is -0.495 e. The topological polar surface area (TPSA) is 64.6 Å². The Morgan fingerprint density at radius 3 is 1.08 bits per heavy atom. The van der Waals surface area contributed by atoms with Gasteiger partial charge in [-0.3, -0.25) is 0 Å². The zero-order valence-electron chi connectivity index (χ0n) is 26.7. The monoisotopic (exact) mass is 558 g/mol. The van der Waals surface area contributed by atoms with Gasteiger partial charge >= 0.3 is 0 Å². The van der Waals surface area contributed by atoms with Crippen molar-refractivity contribution < 1.29 is 33.2 Å². The van der Waals surface area contributed by atoms with Gasteiger partial charge in [0.1, 0.15) is 11.5 Å². The molecular weight excluding hydrogens is 496 g/mol. The molecule has 0 radical (unpaired) electrons. The van der Waals surface area contributed by atoms with Crippen LogP contribution in [0.4, 0.5) is 0 Å². The van der Waals surface area contributed by atoms with Gasteiger partial charge in [-0.25, -0.2) is 0 Å². The molecule has 0 saturated carbocycles. The summed E-state index contributed by atoms with van der Waals surface area (Å²) in [6, 6.07) is 0. The van der Waals surface area contributed by atoms with E-state index in [1.54, 1.807) is 14.2 Å². The van der Waals surface area contributed by atoms with Crippen LogP contribution in [0.5, 0.6) is 0 Å². The summed E-state index contributed by atoms with van der Waals surface area (Å²) in [5.74, 6) is 2.66. The van der Waals surface area contributed by atoms with E-state index >= 15 is 0 Å². The first-order valence-electron chi connectivity index (χ1n) is 15.8. The fourth-order valence-corrected chi connectivity index (χ4v) is 4.45.